The third kappa shape index (κ3) is 4.01. The molecule has 166 valence electrons. The molecule has 9 heteroatoms. The number of aromatic nitrogens is 1. The van der Waals surface area contributed by atoms with Crippen molar-refractivity contribution in [2.45, 2.75) is 45.2 Å². The number of carboxylic acids is 1. The summed E-state index contributed by atoms with van der Waals surface area (Å²) in [6, 6.07) is 2.35. The van der Waals surface area contributed by atoms with Crippen molar-refractivity contribution in [2.75, 3.05) is 24.5 Å². The number of halogens is 1. The van der Waals surface area contributed by atoms with E-state index >= 15 is 4.39 Å². The monoisotopic (exact) mass is 430 g/mol. The lowest BCUT2D eigenvalue weighted by Crippen LogP contribution is -2.44. The van der Waals surface area contributed by atoms with Crippen molar-refractivity contribution in [3.63, 3.8) is 0 Å². The number of pyridine rings is 1. The van der Waals surface area contributed by atoms with Crippen LogP contribution in [0.25, 0.3) is 10.9 Å². The average Bonchev–Trinajstić information content (AvgIpc) is 3.48. The number of hydrogen-bond donors (Lipinski definition) is 3. The number of nitrogens with zero attached hydrogens (tertiary/aromatic N) is 2. The Morgan fingerprint density at radius 3 is 2.71 bits per heavy atom. The first-order valence-electron chi connectivity index (χ1n) is 10.5. The number of nitrogens with two attached hydrogens (primary N) is 1. The van der Waals surface area contributed by atoms with Crippen molar-refractivity contribution in [2.24, 2.45) is 11.1 Å². The number of carbonyl (C=O) groups is 2. The van der Waals surface area contributed by atoms with Gasteiger partial charge < -0.3 is 25.6 Å². The number of carbonyl (C=O) groups excluding carboxylic acids is 1. The number of carboxylic acid groups (broad SMARTS) is 1. The van der Waals surface area contributed by atoms with Crippen LogP contribution in [0.3, 0.4) is 0 Å². The van der Waals surface area contributed by atoms with Crippen LogP contribution in [0.2, 0.25) is 0 Å². The number of nitrogens with one attached hydrogen (secondary N) is 1. The second-order valence-corrected chi connectivity index (χ2v) is 9.12. The summed E-state index contributed by atoms with van der Waals surface area (Å²) < 4.78 is 16.9. The Hall–Kier alpha value is -2.94. The first-order valence-corrected chi connectivity index (χ1v) is 10.5. The highest BCUT2D eigenvalue weighted by molar-refractivity contribution is 5.93. The van der Waals surface area contributed by atoms with Gasteiger partial charge in [-0.1, -0.05) is 6.92 Å². The molecule has 1 aromatic heterocycles. The molecule has 2 atom stereocenters. The summed E-state index contributed by atoms with van der Waals surface area (Å²) in [6.45, 7) is 5.24. The topological polar surface area (TPSA) is 118 Å². The second kappa shape index (κ2) is 7.64. The minimum absolute atomic E-state index is 0.0826. The van der Waals surface area contributed by atoms with Gasteiger partial charge in [0, 0.05) is 42.7 Å². The van der Waals surface area contributed by atoms with E-state index in [0.717, 1.165) is 25.3 Å². The minimum Gasteiger partial charge on any atom is -0.477 e. The number of amides is 1. The van der Waals surface area contributed by atoms with Crippen molar-refractivity contribution < 1.29 is 19.1 Å². The smallest absolute Gasteiger partial charge is 0.341 e. The highest BCUT2D eigenvalue weighted by Gasteiger charge is 2.36. The molecule has 1 amide bonds. The van der Waals surface area contributed by atoms with Gasteiger partial charge in [0.1, 0.15) is 11.4 Å². The van der Waals surface area contributed by atoms with Gasteiger partial charge in [0.15, 0.2) is 0 Å². The second-order valence-electron chi connectivity index (χ2n) is 9.12. The average molecular weight is 430 g/mol. The molecule has 0 spiro atoms. The summed E-state index contributed by atoms with van der Waals surface area (Å²) in [5.74, 6) is -2.09. The molecular formula is C22H27FN4O4. The molecule has 2 aliphatic rings. The first-order chi connectivity index (χ1) is 14.6. The Kier molecular flexibility index (Phi) is 5.25. The summed E-state index contributed by atoms with van der Waals surface area (Å²) in [4.78, 5) is 37.9. The molecule has 1 aliphatic carbocycles. The fraction of sp³-hybridized carbons (Fsp3) is 0.500. The van der Waals surface area contributed by atoms with E-state index in [1.807, 2.05) is 11.8 Å². The molecule has 0 radical (unpaired) electrons. The van der Waals surface area contributed by atoms with Crippen molar-refractivity contribution in [1.82, 2.24) is 9.88 Å². The molecule has 2 fully saturated rings. The van der Waals surface area contributed by atoms with Crippen LogP contribution >= 0.6 is 0 Å². The van der Waals surface area contributed by atoms with Crippen LogP contribution in [-0.4, -0.2) is 47.2 Å². The van der Waals surface area contributed by atoms with Crippen LogP contribution in [0.5, 0.6) is 0 Å². The standard InChI is InChI=1S/C22H27FN4O4/c1-12(24)20(29)25-10-22(2)5-6-26(11-22)18-8-17-14(7-16(18)23)19(28)15(21(30)31)9-27(17)13-3-4-13/h7-9,12-13H,3-6,10-11,24H2,1-2H3,(H,25,29)(H,30,31)/t12-,22+/m1/s1. The van der Waals surface area contributed by atoms with E-state index < -0.39 is 23.3 Å². The maximum atomic E-state index is 15.1. The largest absolute Gasteiger partial charge is 0.477 e. The molecule has 2 aromatic rings. The summed E-state index contributed by atoms with van der Waals surface area (Å²) in [7, 11) is 0. The van der Waals surface area contributed by atoms with Crippen LogP contribution < -0.4 is 21.4 Å². The molecule has 4 rings (SSSR count). The Balaban J connectivity index is 1.68. The molecule has 1 saturated carbocycles. The lowest BCUT2D eigenvalue weighted by Gasteiger charge is -2.27. The van der Waals surface area contributed by atoms with Gasteiger partial charge in [0.05, 0.1) is 17.2 Å². The molecule has 31 heavy (non-hydrogen) atoms. The molecule has 1 aromatic carbocycles. The summed E-state index contributed by atoms with van der Waals surface area (Å²) in [5, 5.41) is 12.3. The zero-order valence-electron chi connectivity index (χ0n) is 17.7. The Morgan fingerprint density at radius 1 is 1.39 bits per heavy atom. The van der Waals surface area contributed by atoms with Crippen LogP contribution in [0.4, 0.5) is 10.1 Å². The maximum absolute atomic E-state index is 15.1. The van der Waals surface area contributed by atoms with Gasteiger partial charge in [-0.2, -0.15) is 0 Å². The van der Waals surface area contributed by atoms with Crippen molar-refractivity contribution in [1.29, 1.82) is 0 Å². The minimum atomic E-state index is -1.31. The molecule has 1 saturated heterocycles. The molecule has 8 nitrogen and oxygen atoms in total. The number of hydrogen-bond acceptors (Lipinski definition) is 5. The Morgan fingerprint density at radius 2 is 2.10 bits per heavy atom. The number of aromatic carboxylic acids is 1. The SMILES string of the molecule is C[C@@H](N)C(=O)NC[C@]1(C)CCN(c2cc3c(cc2F)c(=O)c(C(=O)O)cn3C2CC2)C1. The van der Waals surface area contributed by atoms with E-state index in [4.69, 9.17) is 5.73 Å². The fourth-order valence-corrected chi connectivity index (χ4v) is 4.24. The van der Waals surface area contributed by atoms with Gasteiger partial charge in [-0.25, -0.2) is 9.18 Å². The van der Waals surface area contributed by atoms with Crippen molar-refractivity contribution in [3.05, 3.63) is 39.9 Å². The Bertz CT molecular complexity index is 1120. The van der Waals surface area contributed by atoms with Gasteiger partial charge in [-0.05, 0) is 38.3 Å². The summed E-state index contributed by atoms with van der Waals surface area (Å²) >= 11 is 0. The molecule has 0 unspecified atom stereocenters. The van der Waals surface area contributed by atoms with Gasteiger partial charge in [-0.3, -0.25) is 9.59 Å². The summed E-state index contributed by atoms with van der Waals surface area (Å²) in [5.41, 5.74) is 5.28. The number of benzene rings is 1. The van der Waals surface area contributed by atoms with Gasteiger partial charge in [0.2, 0.25) is 11.3 Å². The predicted molar refractivity (Wildman–Crippen MR) is 115 cm³/mol. The third-order valence-corrected chi connectivity index (χ3v) is 6.27. The lowest BCUT2D eigenvalue weighted by atomic mass is 9.89. The van der Waals surface area contributed by atoms with Crippen LogP contribution in [-0.2, 0) is 4.79 Å². The predicted octanol–water partition coefficient (Wildman–Crippen LogP) is 1.85. The number of anilines is 1. The van der Waals surface area contributed by atoms with Gasteiger partial charge in [-0.15, -0.1) is 0 Å². The molecule has 0 bridgehead atoms. The lowest BCUT2D eigenvalue weighted by molar-refractivity contribution is -0.122. The first kappa shape index (κ1) is 21.3. The van der Waals surface area contributed by atoms with Crippen molar-refractivity contribution >= 4 is 28.5 Å². The van der Waals surface area contributed by atoms with E-state index in [2.05, 4.69) is 5.32 Å². The van der Waals surface area contributed by atoms with E-state index in [1.165, 1.54) is 6.20 Å². The van der Waals surface area contributed by atoms with Crippen LogP contribution in [0.1, 0.15) is 49.5 Å². The quantitative estimate of drug-likeness (QED) is 0.644. The zero-order chi connectivity index (χ0) is 22.5. The molecule has 1 aliphatic heterocycles. The maximum Gasteiger partial charge on any atom is 0.341 e. The highest BCUT2D eigenvalue weighted by Crippen LogP contribution is 2.39. The highest BCUT2D eigenvalue weighted by atomic mass is 19.1. The Labute approximate surface area is 178 Å². The van der Waals surface area contributed by atoms with E-state index in [1.54, 1.807) is 17.6 Å². The van der Waals surface area contributed by atoms with Gasteiger partial charge in [0.25, 0.3) is 0 Å². The molecular weight excluding hydrogens is 403 g/mol. The molecule has 2 heterocycles. The van der Waals surface area contributed by atoms with E-state index in [0.29, 0.717) is 30.8 Å². The van der Waals surface area contributed by atoms with E-state index in [9.17, 15) is 19.5 Å². The van der Waals surface area contributed by atoms with Crippen molar-refractivity contribution in [3.8, 4) is 0 Å². The zero-order valence-corrected chi connectivity index (χ0v) is 17.7. The van der Waals surface area contributed by atoms with Gasteiger partial charge >= 0.3 is 5.97 Å². The van der Waals surface area contributed by atoms with E-state index in [-0.39, 0.29) is 28.3 Å². The third-order valence-electron chi connectivity index (χ3n) is 6.27. The fourth-order valence-electron chi connectivity index (χ4n) is 4.24. The van der Waals surface area contributed by atoms with Crippen LogP contribution in [0.15, 0.2) is 23.1 Å². The van der Waals surface area contributed by atoms with Crippen LogP contribution in [0, 0.1) is 11.2 Å². The molecule has 4 N–H and O–H groups in total. The number of rotatable bonds is 6. The summed E-state index contributed by atoms with van der Waals surface area (Å²) in [6.07, 6.45) is 3.93. The normalized spacial score (nSPS) is 22.0. The number of fused-ring (bicyclic) bond motifs is 1.